The highest BCUT2D eigenvalue weighted by molar-refractivity contribution is 7.99. The van der Waals surface area contributed by atoms with Gasteiger partial charge in [-0.15, -0.1) is 10.2 Å². The molecule has 10 heteroatoms. The van der Waals surface area contributed by atoms with Gasteiger partial charge >= 0.3 is 5.97 Å². The summed E-state index contributed by atoms with van der Waals surface area (Å²) < 4.78 is 12.2. The van der Waals surface area contributed by atoms with Crippen molar-refractivity contribution in [2.75, 3.05) is 31.3 Å². The van der Waals surface area contributed by atoms with Crippen molar-refractivity contribution in [3.8, 4) is 5.75 Å². The summed E-state index contributed by atoms with van der Waals surface area (Å²) in [5.41, 5.74) is 1.31. The van der Waals surface area contributed by atoms with Crippen LogP contribution in [0.25, 0.3) is 0 Å². The number of nitrogens with two attached hydrogens (primary N) is 1. The lowest BCUT2D eigenvalue weighted by Crippen LogP contribution is -2.41. The van der Waals surface area contributed by atoms with Gasteiger partial charge in [0, 0.05) is 13.1 Å². The Morgan fingerprint density at radius 3 is 2.42 bits per heavy atom. The van der Waals surface area contributed by atoms with Gasteiger partial charge in [0.25, 0.3) is 0 Å². The van der Waals surface area contributed by atoms with Gasteiger partial charge in [-0.2, -0.15) is 0 Å². The number of hydrogen-bond acceptors (Lipinski definition) is 8. The van der Waals surface area contributed by atoms with E-state index in [4.69, 9.17) is 15.3 Å². The summed E-state index contributed by atoms with van der Waals surface area (Å²) in [5.74, 6) is 7.20. The van der Waals surface area contributed by atoms with E-state index in [0.717, 1.165) is 5.75 Å². The van der Waals surface area contributed by atoms with E-state index >= 15 is 0 Å². The van der Waals surface area contributed by atoms with Gasteiger partial charge in [0.15, 0.2) is 5.82 Å². The van der Waals surface area contributed by atoms with E-state index < -0.39 is 0 Å². The summed E-state index contributed by atoms with van der Waals surface area (Å²) in [7, 11) is 0. The van der Waals surface area contributed by atoms with E-state index in [1.165, 1.54) is 22.0 Å². The number of carbonyl (C=O) groups excluding carboxylic acids is 2. The third-order valence-corrected chi connectivity index (χ3v) is 6.54. The van der Waals surface area contributed by atoms with Gasteiger partial charge in [0.05, 0.1) is 18.3 Å². The maximum atomic E-state index is 12.6. The predicted molar refractivity (Wildman–Crippen MR) is 126 cm³/mol. The van der Waals surface area contributed by atoms with E-state index in [-0.39, 0.29) is 35.6 Å². The zero-order valence-electron chi connectivity index (χ0n) is 19.7. The first kappa shape index (κ1) is 24.9. The number of amides is 1. The summed E-state index contributed by atoms with van der Waals surface area (Å²) in [6.07, 6.45) is 1.25. The highest BCUT2D eigenvalue weighted by Gasteiger charge is 2.28. The Kier molecular flexibility index (Phi) is 8.23. The van der Waals surface area contributed by atoms with Crippen molar-refractivity contribution in [1.29, 1.82) is 0 Å². The SMILES string of the molecule is CCOC(=O)C1CCN(C(=O)CSc2nnc(COc3ccc(C(C)(C)C)cc3)n2N)CC1. The van der Waals surface area contributed by atoms with Crippen LogP contribution >= 0.6 is 11.8 Å². The van der Waals surface area contributed by atoms with Crippen molar-refractivity contribution in [2.45, 2.75) is 57.7 Å². The second-order valence-corrected chi connectivity index (χ2v) is 9.97. The van der Waals surface area contributed by atoms with Crippen LogP contribution in [0.3, 0.4) is 0 Å². The first-order valence-corrected chi connectivity index (χ1v) is 12.2. The van der Waals surface area contributed by atoms with Crippen LogP contribution < -0.4 is 10.6 Å². The molecule has 0 spiro atoms. The first-order valence-electron chi connectivity index (χ1n) is 11.2. The number of thioether (sulfide) groups is 1. The topological polar surface area (TPSA) is 113 Å². The van der Waals surface area contributed by atoms with Gasteiger partial charge in [-0.3, -0.25) is 9.59 Å². The number of nitrogens with zero attached hydrogens (tertiary/aromatic N) is 4. The Morgan fingerprint density at radius 1 is 1.15 bits per heavy atom. The number of ether oxygens (including phenoxy) is 2. The van der Waals surface area contributed by atoms with E-state index in [2.05, 4.69) is 31.0 Å². The standard InChI is InChI=1S/C23H33N5O4S/c1-5-31-21(30)16-10-12-27(13-11-16)20(29)15-33-22-26-25-19(28(22)24)14-32-18-8-6-17(7-9-18)23(2,3)4/h6-9,16H,5,10-15,24H2,1-4H3. The molecule has 0 bridgehead atoms. The molecule has 1 aromatic heterocycles. The molecule has 1 aliphatic heterocycles. The van der Waals surface area contributed by atoms with Crippen molar-refractivity contribution < 1.29 is 19.1 Å². The molecule has 1 fully saturated rings. The molecule has 2 heterocycles. The van der Waals surface area contributed by atoms with Crippen molar-refractivity contribution in [1.82, 2.24) is 19.8 Å². The summed E-state index contributed by atoms with van der Waals surface area (Å²) in [5, 5.41) is 8.63. The van der Waals surface area contributed by atoms with Crippen molar-refractivity contribution in [3.05, 3.63) is 35.7 Å². The van der Waals surface area contributed by atoms with Crippen LogP contribution in [-0.4, -0.2) is 57.1 Å². The molecule has 1 saturated heterocycles. The molecule has 2 N–H and O–H groups in total. The summed E-state index contributed by atoms with van der Waals surface area (Å²) in [4.78, 5) is 26.2. The molecule has 3 rings (SSSR count). The molecule has 1 aromatic carbocycles. The first-order chi connectivity index (χ1) is 15.7. The molecule has 2 aromatic rings. The minimum atomic E-state index is -0.171. The van der Waals surface area contributed by atoms with Crippen LogP contribution in [0, 0.1) is 5.92 Å². The van der Waals surface area contributed by atoms with E-state index in [0.29, 0.717) is 43.5 Å². The predicted octanol–water partition coefficient (Wildman–Crippen LogP) is 2.76. The third kappa shape index (κ3) is 6.63. The van der Waals surface area contributed by atoms with Crippen LogP contribution in [0.1, 0.15) is 51.9 Å². The third-order valence-electron chi connectivity index (χ3n) is 5.62. The number of esters is 1. The highest BCUT2D eigenvalue weighted by atomic mass is 32.2. The number of carbonyl (C=O) groups is 2. The lowest BCUT2D eigenvalue weighted by Gasteiger charge is -2.30. The molecule has 9 nitrogen and oxygen atoms in total. The number of rotatable bonds is 8. The van der Waals surface area contributed by atoms with Gasteiger partial charge < -0.3 is 20.2 Å². The lowest BCUT2D eigenvalue weighted by molar-refractivity contribution is -0.151. The number of hydrogen-bond donors (Lipinski definition) is 1. The van der Waals surface area contributed by atoms with Gasteiger partial charge in [-0.05, 0) is 42.9 Å². The monoisotopic (exact) mass is 475 g/mol. The van der Waals surface area contributed by atoms with Crippen LogP contribution in [0.5, 0.6) is 5.75 Å². The normalized spacial score (nSPS) is 14.8. The van der Waals surface area contributed by atoms with E-state index in [9.17, 15) is 9.59 Å². The smallest absolute Gasteiger partial charge is 0.309 e. The Balaban J connectivity index is 1.46. The molecule has 0 atom stereocenters. The average Bonchev–Trinajstić information content (AvgIpc) is 3.15. The second-order valence-electron chi connectivity index (χ2n) is 9.03. The highest BCUT2D eigenvalue weighted by Crippen LogP contribution is 2.25. The summed E-state index contributed by atoms with van der Waals surface area (Å²) >= 11 is 1.24. The zero-order valence-corrected chi connectivity index (χ0v) is 20.6. The maximum Gasteiger partial charge on any atom is 0.309 e. The minimum Gasteiger partial charge on any atom is -0.486 e. The van der Waals surface area contributed by atoms with Crippen molar-refractivity contribution in [3.63, 3.8) is 0 Å². The molecule has 0 radical (unpaired) electrons. The maximum absolute atomic E-state index is 12.6. The average molecular weight is 476 g/mol. The molecule has 0 aliphatic carbocycles. The Morgan fingerprint density at radius 2 is 1.82 bits per heavy atom. The van der Waals surface area contributed by atoms with Crippen LogP contribution in [0.15, 0.2) is 29.4 Å². The van der Waals surface area contributed by atoms with Gasteiger partial charge in [0.2, 0.25) is 11.1 Å². The number of nitrogen functional groups attached to an aromatic ring is 1. The summed E-state index contributed by atoms with van der Waals surface area (Å²) in [6.45, 7) is 9.93. The van der Waals surface area contributed by atoms with Crippen LogP contribution in [0.2, 0.25) is 0 Å². The fourth-order valence-corrected chi connectivity index (χ4v) is 4.32. The van der Waals surface area contributed by atoms with Gasteiger partial charge in [0.1, 0.15) is 12.4 Å². The molecule has 33 heavy (non-hydrogen) atoms. The molecular formula is C23H33N5O4S. The zero-order chi connectivity index (χ0) is 24.0. The number of benzene rings is 1. The molecule has 180 valence electrons. The van der Waals surface area contributed by atoms with E-state index in [1.807, 2.05) is 24.3 Å². The van der Waals surface area contributed by atoms with Crippen molar-refractivity contribution >= 4 is 23.6 Å². The largest absolute Gasteiger partial charge is 0.486 e. The number of likely N-dealkylation sites (tertiary alicyclic amines) is 1. The number of piperidine rings is 1. The Bertz CT molecular complexity index is 947. The molecule has 0 saturated carbocycles. The summed E-state index contributed by atoms with van der Waals surface area (Å²) in [6, 6.07) is 7.95. The van der Waals surface area contributed by atoms with Gasteiger partial charge in [-0.25, -0.2) is 4.68 Å². The molecular weight excluding hydrogens is 442 g/mol. The minimum absolute atomic E-state index is 0.0120. The molecule has 1 aliphatic rings. The van der Waals surface area contributed by atoms with Crippen molar-refractivity contribution in [2.24, 2.45) is 5.92 Å². The Hall–Kier alpha value is -2.75. The number of aromatic nitrogens is 3. The second kappa shape index (κ2) is 10.9. The fourth-order valence-electron chi connectivity index (χ4n) is 3.55. The fraction of sp³-hybridized carbons (Fsp3) is 0.565. The quantitative estimate of drug-likeness (QED) is 0.352. The molecule has 1 amide bonds. The van der Waals surface area contributed by atoms with Gasteiger partial charge in [-0.1, -0.05) is 44.7 Å². The van der Waals surface area contributed by atoms with Crippen LogP contribution in [0.4, 0.5) is 0 Å². The Labute approximate surface area is 199 Å². The lowest BCUT2D eigenvalue weighted by atomic mass is 9.87. The molecule has 0 unspecified atom stereocenters. The van der Waals surface area contributed by atoms with E-state index in [1.54, 1.807) is 11.8 Å². The van der Waals surface area contributed by atoms with Crippen LogP contribution in [-0.2, 0) is 26.3 Å².